The van der Waals surface area contributed by atoms with Crippen LogP contribution in [0.1, 0.15) is 62.3 Å². The van der Waals surface area contributed by atoms with Gasteiger partial charge in [0.05, 0.1) is 16.2 Å². The fourth-order valence-electron chi connectivity index (χ4n) is 2.24. The van der Waals surface area contributed by atoms with Crippen LogP contribution in [-0.4, -0.2) is 53.7 Å². The van der Waals surface area contributed by atoms with Crippen molar-refractivity contribution in [3.63, 3.8) is 0 Å². The zero-order valence-electron chi connectivity index (χ0n) is 19.3. The number of ether oxygens (including phenoxy) is 4. The molecule has 0 aromatic heterocycles. The Morgan fingerprint density at radius 2 is 1.17 bits per heavy atom. The molecule has 30 heavy (non-hydrogen) atoms. The van der Waals surface area contributed by atoms with Crippen LogP contribution in [0.15, 0.2) is 0 Å². The van der Waals surface area contributed by atoms with Crippen LogP contribution in [0.2, 0.25) is 0 Å². The lowest BCUT2D eigenvalue weighted by atomic mass is 9.96. The highest BCUT2D eigenvalue weighted by Gasteiger charge is 2.55. The second-order valence-corrected chi connectivity index (χ2v) is 10.5. The standard InChI is InChI=1S/C22H34O8/c1-11-12(23)13-14(28-17(24)20(2,3)4)15(29-18(25)21(5,6)7)16(27-13)30-19(26)22(8,9)10/h1,12-16,23H,2-10H3/t12-,13-,14-,15+,16-/m1/s1. The van der Waals surface area contributed by atoms with E-state index in [1.165, 1.54) is 0 Å². The van der Waals surface area contributed by atoms with Crippen LogP contribution in [0, 0.1) is 28.6 Å². The third-order valence-corrected chi connectivity index (χ3v) is 4.24. The lowest BCUT2D eigenvalue weighted by Gasteiger charge is -2.29. The highest BCUT2D eigenvalue weighted by Crippen LogP contribution is 2.34. The molecular formula is C22H34O8. The molecule has 0 bridgehead atoms. The zero-order chi connectivity index (χ0) is 23.7. The summed E-state index contributed by atoms with van der Waals surface area (Å²) >= 11 is 0. The van der Waals surface area contributed by atoms with Gasteiger partial charge >= 0.3 is 17.9 Å². The summed E-state index contributed by atoms with van der Waals surface area (Å²) in [5.74, 6) is 0.246. The molecule has 0 aliphatic carbocycles. The van der Waals surface area contributed by atoms with E-state index in [0.29, 0.717) is 0 Å². The number of carbonyl (C=O) groups is 3. The minimum Gasteiger partial charge on any atom is -0.455 e. The summed E-state index contributed by atoms with van der Waals surface area (Å²) in [7, 11) is 0. The van der Waals surface area contributed by atoms with E-state index in [9.17, 15) is 19.5 Å². The van der Waals surface area contributed by atoms with Gasteiger partial charge in [-0.1, -0.05) is 5.92 Å². The summed E-state index contributed by atoms with van der Waals surface area (Å²) in [6.07, 6.45) is -1.40. The molecule has 0 unspecified atom stereocenters. The van der Waals surface area contributed by atoms with Gasteiger partial charge in [-0.2, -0.15) is 0 Å². The Morgan fingerprint density at radius 3 is 1.53 bits per heavy atom. The van der Waals surface area contributed by atoms with Gasteiger partial charge in [0.25, 0.3) is 0 Å². The van der Waals surface area contributed by atoms with Gasteiger partial charge in [-0.3, -0.25) is 14.4 Å². The molecule has 1 N–H and O–H groups in total. The summed E-state index contributed by atoms with van der Waals surface area (Å²) in [5, 5.41) is 10.2. The highest BCUT2D eigenvalue weighted by atomic mass is 16.8. The SMILES string of the molecule is C#C[C@@H](O)[C@H]1O[C@H](OC(=O)C(C)(C)C)[C@@H](OC(=O)C(C)(C)C)[C@@H]1OC(=O)C(C)(C)C. The summed E-state index contributed by atoms with van der Waals surface area (Å²) in [5.41, 5.74) is -2.65. The van der Waals surface area contributed by atoms with Gasteiger partial charge in [0.2, 0.25) is 12.4 Å². The molecule has 1 aliphatic heterocycles. The number of rotatable bonds is 4. The van der Waals surface area contributed by atoms with E-state index in [-0.39, 0.29) is 0 Å². The van der Waals surface area contributed by atoms with E-state index < -0.39 is 64.9 Å². The van der Waals surface area contributed by atoms with Crippen LogP contribution in [0.25, 0.3) is 0 Å². The lowest BCUT2D eigenvalue weighted by molar-refractivity contribution is -0.208. The van der Waals surface area contributed by atoms with E-state index in [2.05, 4.69) is 5.92 Å². The topological polar surface area (TPSA) is 108 Å². The van der Waals surface area contributed by atoms with Crippen LogP contribution in [0.5, 0.6) is 0 Å². The summed E-state index contributed by atoms with van der Waals surface area (Å²) in [6.45, 7) is 14.8. The lowest BCUT2D eigenvalue weighted by Crippen LogP contribution is -2.47. The van der Waals surface area contributed by atoms with Crippen LogP contribution < -0.4 is 0 Å². The molecule has 0 spiro atoms. The van der Waals surface area contributed by atoms with Gasteiger partial charge in [-0.05, 0) is 62.3 Å². The molecule has 0 aromatic carbocycles. The van der Waals surface area contributed by atoms with E-state index >= 15 is 0 Å². The average molecular weight is 427 g/mol. The first-order valence-electron chi connectivity index (χ1n) is 9.82. The molecule has 170 valence electrons. The first-order valence-corrected chi connectivity index (χ1v) is 9.82. The molecule has 5 atom stereocenters. The molecule has 0 saturated carbocycles. The maximum atomic E-state index is 12.6. The van der Waals surface area contributed by atoms with Gasteiger partial charge in [0, 0.05) is 0 Å². The fourth-order valence-corrected chi connectivity index (χ4v) is 2.24. The number of esters is 3. The van der Waals surface area contributed by atoms with E-state index in [1.807, 2.05) is 0 Å². The van der Waals surface area contributed by atoms with Crippen molar-refractivity contribution in [3.05, 3.63) is 0 Å². The Morgan fingerprint density at radius 1 is 0.800 bits per heavy atom. The van der Waals surface area contributed by atoms with Gasteiger partial charge in [0.1, 0.15) is 12.2 Å². The highest BCUT2D eigenvalue weighted by molar-refractivity contribution is 5.77. The number of aliphatic hydroxyl groups is 1. The minimum atomic E-state index is -1.49. The van der Waals surface area contributed by atoms with Crippen molar-refractivity contribution in [2.24, 2.45) is 16.2 Å². The van der Waals surface area contributed by atoms with Crippen molar-refractivity contribution in [1.82, 2.24) is 0 Å². The van der Waals surface area contributed by atoms with Gasteiger partial charge < -0.3 is 24.1 Å². The summed E-state index contributed by atoms with van der Waals surface area (Å²) < 4.78 is 22.2. The number of hydrogen-bond acceptors (Lipinski definition) is 8. The number of terminal acetylenes is 1. The molecule has 8 nitrogen and oxygen atoms in total. The third-order valence-electron chi connectivity index (χ3n) is 4.24. The number of aliphatic hydroxyl groups excluding tert-OH is 1. The predicted octanol–water partition coefficient (Wildman–Crippen LogP) is 2.21. The molecule has 1 aliphatic rings. The second kappa shape index (κ2) is 8.94. The third kappa shape index (κ3) is 6.44. The number of carbonyl (C=O) groups excluding carboxylic acids is 3. The average Bonchev–Trinajstić information content (AvgIpc) is 2.89. The maximum absolute atomic E-state index is 12.6. The van der Waals surface area contributed by atoms with Crippen molar-refractivity contribution >= 4 is 17.9 Å². The van der Waals surface area contributed by atoms with E-state index in [4.69, 9.17) is 25.4 Å². The molecule has 0 radical (unpaired) electrons. The monoisotopic (exact) mass is 426 g/mol. The Hall–Kier alpha value is -2.11. The Kier molecular flexibility index (Phi) is 7.73. The quantitative estimate of drug-likeness (QED) is 0.414. The van der Waals surface area contributed by atoms with E-state index in [1.54, 1.807) is 62.3 Å². The zero-order valence-corrected chi connectivity index (χ0v) is 19.3. The Labute approximate surface area is 178 Å². The van der Waals surface area contributed by atoms with Crippen molar-refractivity contribution in [3.8, 4) is 12.3 Å². The molecule has 0 amide bonds. The normalized spacial score (nSPS) is 25.8. The smallest absolute Gasteiger partial charge is 0.313 e. The van der Waals surface area contributed by atoms with Gasteiger partial charge in [0.15, 0.2) is 6.10 Å². The van der Waals surface area contributed by atoms with Crippen LogP contribution >= 0.6 is 0 Å². The molecule has 0 aromatic rings. The molecule has 1 fully saturated rings. The van der Waals surface area contributed by atoms with Crippen molar-refractivity contribution in [1.29, 1.82) is 0 Å². The maximum Gasteiger partial charge on any atom is 0.313 e. The molecule has 1 saturated heterocycles. The van der Waals surface area contributed by atoms with Gasteiger partial charge in [-0.15, -0.1) is 6.42 Å². The van der Waals surface area contributed by atoms with Crippen LogP contribution in [-0.2, 0) is 33.3 Å². The second-order valence-electron chi connectivity index (χ2n) is 10.5. The van der Waals surface area contributed by atoms with Crippen LogP contribution in [0.3, 0.4) is 0 Å². The predicted molar refractivity (Wildman–Crippen MR) is 108 cm³/mol. The van der Waals surface area contributed by atoms with Crippen LogP contribution in [0.4, 0.5) is 0 Å². The van der Waals surface area contributed by atoms with E-state index in [0.717, 1.165) is 0 Å². The summed E-state index contributed by atoms with van der Waals surface area (Å²) in [4.78, 5) is 37.5. The largest absolute Gasteiger partial charge is 0.455 e. The van der Waals surface area contributed by atoms with Gasteiger partial charge in [-0.25, -0.2) is 0 Å². The first kappa shape index (κ1) is 25.9. The number of hydrogen-bond donors (Lipinski definition) is 1. The Bertz CT molecular complexity index is 699. The molecule has 1 rings (SSSR count). The minimum absolute atomic E-state index is 0.620. The molecule has 1 heterocycles. The Balaban J connectivity index is 3.35. The molecule has 8 heteroatoms. The van der Waals surface area contributed by atoms with Crippen molar-refractivity contribution in [2.75, 3.05) is 0 Å². The van der Waals surface area contributed by atoms with Crippen molar-refractivity contribution < 1.29 is 38.4 Å². The van der Waals surface area contributed by atoms with Crippen molar-refractivity contribution in [2.45, 2.75) is 93.0 Å². The summed E-state index contributed by atoms with van der Waals surface area (Å²) in [6, 6.07) is 0. The fraction of sp³-hybridized carbons (Fsp3) is 0.773. The first-order chi connectivity index (χ1) is 13.4. The molecular weight excluding hydrogens is 392 g/mol.